The third-order valence-electron chi connectivity index (χ3n) is 4.14. The molecule has 1 aliphatic carbocycles. The Morgan fingerprint density at radius 2 is 2.04 bits per heavy atom. The molecule has 24 heavy (non-hydrogen) atoms. The van der Waals surface area contributed by atoms with Crippen LogP contribution in [-0.2, 0) is 17.8 Å². The highest BCUT2D eigenvalue weighted by Gasteiger charge is 2.28. The van der Waals surface area contributed by atoms with E-state index in [2.05, 4.69) is 5.16 Å². The summed E-state index contributed by atoms with van der Waals surface area (Å²) in [6.45, 7) is 1.82. The molecule has 0 atom stereocenters. The summed E-state index contributed by atoms with van der Waals surface area (Å²) >= 11 is 7.48. The minimum absolute atomic E-state index is 0.0892. The molecular weight excluding hydrogens is 348 g/mol. The first kappa shape index (κ1) is 16.9. The van der Waals surface area contributed by atoms with Gasteiger partial charge in [-0.15, -0.1) is 0 Å². The number of hydrogen-bond acceptors (Lipinski definition) is 4. The van der Waals surface area contributed by atoms with Crippen LogP contribution in [0.1, 0.15) is 29.8 Å². The third-order valence-corrected chi connectivity index (χ3v) is 5.60. The van der Waals surface area contributed by atoms with E-state index in [9.17, 15) is 15.1 Å². The van der Waals surface area contributed by atoms with Crippen LogP contribution in [0.5, 0.6) is 0 Å². The van der Waals surface area contributed by atoms with E-state index in [1.165, 1.54) is 0 Å². The second-order valence-electron chi connectivity index (χ2n) is 5.67. The van der Waals surface area contributed by atoms with Gasteiger partial charge in [-0.25, -0.2) is 0 Å². The number of carboxylic acids is 1. The van der Waals surface area contributed by atoms with Gasteiger partial charge in [0.05, 0.1) is 5.71 Å². The SMILES string of the molecule is Cc1c(Sc2ccc(Cl)cc2)c2c(n1CC(=O)O)CCCC2=NO. The molecule has 1 aromatic heterocycles. The van der Waals surface area contributed by atoms with Gasteiger partial charge in [-0.3, -0.25) is 4.79 Å². The summed E-state index contributed by atoms with van der Waals surface area (Å²) in [7, 11) is 0. The Kier molecular flexibility index (Phi) is 4.87. The highest BCUT2D eigenvalue weighted by atomic mass is 35.5. The quantitative estimate of drug-likeness (QED) is 0.629. The Morgan fingerprint density at radius 1 is 1.33 bits per heavy atom. The van der Waals surface area contributed by atoms with Crippen molar-refractivity contribution in [1.82, 2.24) is 4.57 Å². The van der Waals surface area contributed by atoms with Crippen LogP contribution in [0.15, 0.2) is 39.2 Å². The third kappa shape index (κ3) is 3.16. The number of nitrogens with zero attached hydrogens (tertiary/aromatic N) is 2. The van der Waals surface area contributed by atoms with Gasteiger partial charge >= 0.3 is 5.97 Å². The van der Waals surface area contributed by atoms with E-state index in [0.717, 1.165) is 39.6 Å². The maximum atomic E-state index is 11.2. The van der Waals surface area contributed by atoms with Crippen LogP contribution in [0, 0.1) is 6.92 Å². The zero-order valence-electron chi connectivity index (χ0n) is 13.1. The van der Waals surface area contributed by atoms with Gasteiger partial charge in [-0.2, -0.15) is 0 Å². The van der Waals surface area contributed by atoms with E-state index in [4.69, 9.17) is 11.6 Å². The summed E-state index contributed by atoms with van der Waals surface area (Å²) in [6, 6.07) is 7.49. The van der Waals surface area contributed by atoms with Gasteiger partial charge in [-0.05, 0) is 50.5 Å². The second kappa shape index (κ2) is 6.91. The number of oxime groups is 1. The molecule has 1 heterocycles. The predicted octanol–water partition coefficient (Wildman–Crippen LogP) is 4.20. The number of hydrogen-bond donors (Lipinski definition) is 2. The molecule has 7 heteroatoms. The first-order valence-electron chi connectivity index (χ1n) is 7.59. The maximum absolute atomic E-state index is 11.2. The lowest BCUT2D eigenvalue weighted by Crippen LogP contribution is -2.17. The molecule has 5 nitrogen and oxygen atoms in total. The Labute approximate surface area is 148 Å². The first-order valence-corrected chi connectivity index (χ1v) is 8.79. The lowest BCUT2D eigenvalue weighted by Gasteiger charge is -2.16. The Morgan fingerprint density at radius 3 is 2.67 bits per heavy atom. The molecule has 0 amide bonds. The van der Waals surface area contributed by atoms with Crippen LogP contribution in [0.4, 0.5) is 0 Å². The average molecular weight is 365 g/mol. The number of benzene rings is 1. The first-order chi connectivity index (χ1) is 11.5. The Balaban J connectivity index is 2.11. The summed E-state index contributed by atoms with van der Waals surface area (Å²) in [5.74, 6) is -0.882. The van der Waals surface area contributed by atoms with Gasteiger partial charge in [0.2, 0.25) is 0 Å². The lowest BCUT2D eigenvalue weighted by atomic mass is 9.96. The zero-order chi connectivity index (χ0) is 17.3. The van der Waals surface area contributed by atoms with Crippen LogP contribution in [0.25, 0.3) is 0 Å². The van der Waals surface area contributed by atoms with Gasteiger partial charge in [0.15, 0.2) is 0 Å². The van der Waals surface area contributed by atoms with Crippen LogP contribution < -0.4 is 0 Å². The number of halogens is 1. The van der Waals surface area contributed by atoms with Gasteiger partial charge in [-0.1, -0.05) is 28.5 Å². The van der Waals surface area contributed by atoms with Crippen molar-refractivity contribution in [3.8, 4) is 0 Å². The summed E-state index contributed by atoms with van der Waals surface area (Å²) in [4.78, 5) is 13.2. The summed E-state index contributed by atoms with van der Waals surface area (Å²) in [6.07, 6.45) is 2.32. The topological polar surface area (TPSA) is 74.8 Å². The minimum Gasteiger partial charge on any atom is -0.480 e. The minimum atomic E-state index is -0.882. The predicted molar refractivity (Wildman–Crippen MR) is 93.6 cm³/mol. The molecule has 0 unspecified atom stereocenters. The standard InChI is InChI=1S/C17H17ClN2O3S/c1-10-17(24-12-7-5-11(18)6-8-12)16-13(19-23)3-2-4-14(16)20(10)9-15(21)22/h5-8,23H,2-4,9H2,1H3,(H,21,22). The lowest BCUT2D eigenvalue weighted by molar-refractivity contribution is -0.137. The molecule has 0 saturated carbocycles. The Hall–Kier alpha value is -1.92. The summed E-state index contributed by atoms with van der Waals surface area (Å²) in [5.41, 5.74) is 3.32. The maximum Gasteiger partial charge on any atom is 0.323 e. The molecule has 2 N–H and O–H groups in total. The zero-order valence-corrected chi connectivity index (χ0v) is 14.7. The molecule has 3 rings (SSSR count). The summed E-state index contributed by atoms with van der Waals surface area (Å²) in [5, 5.41) is 22.7. The molecule has 0 radical (unpaired) electrons. The van der Waals surface area contributed by atoms with Crippen molar-refractivity contribution in [2.24, 2.45) is 5.16 Å². The van der Waals surface area contributed by atoms with E-state index in [0.29, 0.717) is 17.2 Å². The fourth-order valence-corrected chi connectivity index (χ4v) is 4.30. The smallest absolute Gasteiger partial charge is 0.323 e. The number of fused-ring (bicyclic) bond motifs is 1. The van der Waals surface area contributed by atoms with Crippen molar-refractivity contribution < 1.29 is 15.1 Å². The second-order valence-corrected chi connectivity index (χ2v) is 7.19. The molecule has 1 aliphatic rings. The number of rotatable bonds is 4. The van der Waals surface area contributed by atoms with E-state index >= 15 is 0 Å². The monoisotopic (exact) mass is 364 g/mol. The van der Waals surface area contributed by atoms with Crippen LogP contribution >= 0.6 is 23.4 Å². The van der Waals surface area contributed by atoms with Crippen LogP contribution in [0.2, 0.25) is 5.02 Å². The van der Waals surface area contributed by atoms with Gasteiger partial charge in [0.1, 0.15) is 6.54 Å². The molecule has 0 fully saturated rings. The van der Waals surface area contributed by atoms with E-state index in [1.54, 1.807) is 11.8 Å². The number of aromatic nitrogens is 1. The van der Waals surface area contributed by atoms with Crippen molar-refractivity contribution in [1.29, 1.82) is 0 Å². The van der Waals surface area contributed by atoms with Gasteiger partial charge in [0.25, 0.3) is 0 Å². The average Bonchev–Trinajstić information content (AvgIpc) is 2.82. The molecule has 0 aliphatic heterocycles. The molecule has 0 spiro atoms. The van der Waals surface area contributed by atoms with E-state index < -0.39 is 5.97 Å². The van der Waals surface area contributed by atoms with E-state index in [1.807, 2.05) is 35.8 Å². The molecule has 0 saturated heterocycles. The molecular formula is C17H17ClN2O3S. The number of carboxylic acid groups (broad SMARTS) is 1. The van der Waals surface area contributed by atoms with Crippen molar-refractivity contribution in [2.45, 2.75) is 42.5 Å². The fourth-order valence-electron chi connectivity index (χ4n) is 3.07. The molecule has 126 valence electrons. The van der Waals surface area contributed by atoms with Crippen LogP contribution in [-0.4, -0.2) is 26.6 Å². The van der Waals surface area contributed by atoms with Crippen molar-refractivity contribution in [3.05, 3.63) is 46.2 Å². The van der Waals surface area contributed by atoms with Gasteiger partial charge in [0, 0.05) is 31.8 Å². The fraction of sp³-hybridized carbons (Fsp3) is 0.294. The highest BCUT2D eigenvalue weighted by molar-refractivity contribution is 7.99. The number of aliphatic carboxylic acids is 1. The molecule has 0 bridgehead atoms. The molecule has 1 aromatic carbocycles. The highest BCUT2D eigenvalue weighted by Crippen LogP contribution is 2.40. The van der Waals surface area contributed by atoms with Crippen molar-refractivity contribution >= 4 is 35.0 Å². The number of carbonyl (C=O) groups is 1. The van der Waals surface area contributed by atoms with Crippen molar-refractivity contribution in [3.63, 3.8) is 0 Å². The molecule has 2 aromatic rings. The van der Waals surface area contributed by atoms with E-state index in [-0.39, 0.29) is 6.54 Å². The normalized spacial score (nSPS) is 15.5. The van der Waals surface area contributed by atoms with Crippen LogP contribution in [0.3, 0.4) is 0 Å². The summed E-state index contributed by atoms with van der Waals surface area (Å²) < 4.78 is 1.82. The Bertz CT molecular complexity index is 812. The van der Waals surface area contributed by atoms with Crippen molar-refractivity contribution in [2.75, 3.05) is 0 Å². The largest absolute Gasteiger partial charge is 0.480 e. The van der Waals surface area contributed by atoms with Gasteiger partial charge < -0.3 is 14.9 Å².